The molecule has 12 heteroatoms. The molecule has 0 saturated carbocycles. The van der Waals surface area contributed by atoms with Crippen LogP contribution in [0.4, 0.5) is 4.79 Å². The Morgan fingerprint density at radius 2 is 1.92 bits per heavy atom. The zero-order chi connectivity index (χ0) is 26.7. The third-order valence-corrected chi connectivity index (χ3v) is 5.30. The number of H-pyrrole nitrogens is 1. The number of aliphatic carboxylic acids is 1. The first-order chi connectivity index (χ1) is 17.0. The van der Waals surface area contributed by atoms with Crippen molar-refractivity contribution in [3.63, 3.8) is 0 Å². The zero-order valence-corrected chi connectivity index (χ0v) is 21.4. The molecule has 1 aromatic heterocycles. The molecule has 1 heterocycles. The van der Waals surface area contributed by atoms with E-state index < -0.39 is 35.5 Å². The molecule has 2 rings (SSSR count). The van der Waals surface area contributed by atoms with E-state index in [9.17, 15) is 24.3 Å². The Balaban J connectivity index is 2.07. The molecule has 0 saturated heterocycles. The first-order valence-corrected chi connectivity index (χ1v) is 12.1. The van der Waals surface area contributed by atoms with Gasteiger partial charge in [-0.15, -0.1) is 11.8 Å². The van der Waals surface area contributed by atoms with Gasteiger partial charge in [0, 0.05) is 12.3 Å². The number of rotatable bonds is 10. The lowest BCUT2D eigenvalue weighted by molar-refractivity contribution is -0.135. The quantitative estimate of drug-likeness (QED) is 0.314. The summed E-state index contributed by atoms with van der Waals surface area (Å²) in [5.74, 6) is 6.34. The predicted octanol–water partition coefficient (Wildman–Crippen LogP) is 1.38. The molecule has 0 bridgehead atoms. The average molecular weight is 519 g/mol. The second-order valence-electron chi connectivity index (χ2n) is 8.50. The molecule has 0 aliphatic heterocycles. The minimum Gasteiger partial charge on any atom is -0.497 e. The summed E-state index contributed by atoms with van der Waals surface area (Å²) in [5, 5.41) is 12.9. The number of ether oxygens (including phenoxy) is 2. The van der Waals surface area contributed by atoms with E-state index in [1.54, 1.807) is 39.6 Å². The summed E-state index contributed by atoms with van der Waals surface area (Å²) in [6.07, 6.45) is 0.518. The van der Waals surface area contributed by atoms with Crippen LogP contribution in [0.2, 0.25) is 0 Å². The normalized spacial score (nSPS) is 10.7. The lowest BCUT2D eigenvalue weighted by Gasteiger charge is -2.25. The van der Waals surface area contributed by atoms with Crippen molar-refractivity contribution in [2.24, 2.45) is 0 Å². The van der Waals surface area contributed by atoms with E-state index in [0.29, 0.717) is 11.5 Å². The van der Waals surface area contributed by atoms with Gasteiger partial charge in [-0.05, 0) is 38.5 Å². The number of carboxylic acids is 1. The van der Waals surface area contributed by atoms with Crippen LogP contribution in [-0.2, 0) is 15.3 Å². The van der Waals surface area contributed by atoms with Gasteiger partial charge in [-0.2, -0.15) is 0 Å². The molecule has 0 aliphatic carbocycles. The summed E-state index contributed by atoms with van der Waals surface area (Å²) in [5.41, 5.74) is -1.08. The molecule has 194 valence electrons. The molecule has 0 fully saturated rings. The second-order valence-corrected chi connectivity index (χ2v) is 9.49. The third kappa shape index (κ3) is 9.79. The molecule has 36 heavy (non-hydrogen) atoms. The molecular weight excluding hydrogens is 488 g/mol. The molecule has 0 spiro atoms. The van der Waals surface area contributed by atoms with Crippen LogP contribution >= 0.6 is 11.8 Å². The number of aromatic amines is 1. The fraction of sp³-hybridized carbons (Fsp3) is 0.417. The predicted molar refractivity (Wildman–Crippen MR) is 137 cm³/mol. The molecule has 1 aromatic carbocycles. The monoisotopic (exact) mass is 518 g/mol. The number of thioether (sulfide) groups is 1. The molecule has 0 atom stereocenters. The van der Waals surface area contributed by atoms with Gasteiger partial charge in [-0.1, -0.05) is 24.0 Å². The van der Waals surface area contributed by atoms with Gasteiger partial charge in [0.15, 0.2) is 0 Å². The maximum atomic E-state index is 12.4. The largest absolute Gasteiger partial charge is 0.497 e. The van der Waals surface area contributed by atoms with Gasteiger partial charge in [0.05, 0.1) is 25.6 Å². The van der Waals surface area contributed by atoms with E-state index in [-0.39, 0.29) is 18.7 Å². The van der Waals surface area contributed by atoms with Crippen LogP contribution in [0.1, 0.15) is 31.9 Å². The number of carbonyl (C=O) groups excluding carboxylic acids is 1. The summed E-state index contributed by atoms with van der Waals surface area (Å²) < 4.78 is 11.2. The second kappa shape index (κ2) is 13.3. The van der Waals surface area contributed by atoms with E-state index in [1.807, 2.05) is 24.3 Å². The first-order valence-electron chi connectivity index (χ1n) is 11.0. The van der Waals surface area contributed by atoms with Gasteiger partial charge in [-0.3, -0.25) is 19.6 Å². The van der Waals surface area contributed by atoms with Crippen molar-refractivity contribution >= 4 is 23.8 Å². The average Bonchev–Trinajstić information content (AvgIpc) is 2.78. The van der Waals surface area contributed by atoms with Crippen LogP contribution in [0.3, 0.4) is 0 Å². The smallest absolute Gasteiger partial charge is 0.407 e. The minimum atomic E-state index is -1.20. The van der Waals surface area contributed by atoms with Gasteiger partial charge >= 0.3 is 17.8 Å². The van der Waals surface area contributed by atoms with Crippen LogP contribution in [0.25, 0.3) is 0 Å². The Labute approximate surface area is 212 Å². The van der Waals surface area contributed by atoms with E-state index >= 15 is 0 Å². The third-order valence-electron chi connectivity index (χ3n) is 4.41. The SMILES string of the molecule is COc1ccc(CSCC#Cc2cn(N(CCNC(=O)OC(C)(C)C)CC(=O)O)c(=O)[nH]c2=O)cc1. The molecule has 2 aromatic rings. The fourth-order valence-corrected chi connectivity index (χ4v) is 3.56. The van der Waals surface area contributed by atoms with Crippen LogP contribution in [0, 0.1) is 11.8 Å². The number of aromatic nitrogens is 2. The summed E-state index contributed by atoms with van der Waals surface area (Å²) >= 11 is 1.55. The molecule has 0 aliphatic rings. The maximum Gasteiger partial charge on any atom is 0.407 e. The van der Waals surface area contributed by atoms with E-state index in [0.717, 1.165) is 16.0 Å². The van der Waals surface area contributed by atoms with Crippen LogP contribution in [0.15, 0.2) is 40.1 Å². The topological polar surface area (TPSA) is 143 Å². The Bertz CT molecular complexity index is 1220. The Hall–Kier alpha value is -3.85. The van der Waals surface area contributed by atoms with Crippen molar-refractivity contribution in [2.75, 3.05) is 37.5 Å². The van der Waals surface area contributed by atoms with Crippen molar-refractivity contribution in [1.29, 1.82) is 0 Å². The van der Waals surface area contributed by atoms with Crippen molar-refractivity contribution < 1.29 is 24.2 Å². The standard InChI is InChI=1S/C24H30N4O7S/c1-24(2,3)35-23(33)25-11-12-27(15-20(29)30)28-14-18(21(31)26-22(28)32)6-5-13-36-16-17-7-9-19(34-4)10-8-17/h7-10,14H,11-13,15-16H2,1-4H3,(H,25,33)(H,29,30)(H,26,31,32). The van der Waals surface area contributed by atoms with Gasteiger partial charge in [0.25, 0.3) is 5.56 Å². The highest BCUT2D eigenvalue weighted by Gasteiger charge is 2.17. The number of nitrogens with one attached hydrogen (secondary N) is 2. The number of hydrogen-bond donors (Lipinski definition) is 3. The lowest BCUT2D eigenvalue weighted by atomic mass is 10.2. The minimum absolute atomic E-state index is 0.00320. The summed E-state index contributed by atoms with van der Waals surface area (Å²) in [6.45, 7) is 4.54. The first kappa shape index (κ1) is 28.4. The van der Waals surface area contributed by atoms with E-state index in [4.69, 9.17) is 9.47 Å². The summed E-state index contributed by atoms with van der Waals surface area (Å²) in [6, 6.07) is 7.65. The van der Waals surface area contributed by atoms with Gasteiger partial charge in [0.2, 0.25) is 0 Å². The number of benzene rings is 1. The van der Waals surface area contributed by atoms with Crippen molar-refractivity contribution in [3.8, 4) is 17.6 Å². The molecular formula is C24H30N4O7S. The number of amides is 1. The Kier molecular flexibility index (Phi) is 10.5. The van der Waals surface area contributed by atoms with Gasteiger partial charge in [0.1, 0.15) is 23.5 Å². The Morgan fingerprint density at radius 3 is 2.53 bits per heavy atom. The van der Waals surface area contributed by atoms with Crippen molar-refractivity contribution in [3.05, 3.63) is 62.4 Å². The van der Waals surface area contributed by atoms with Gasteiger partial charge < -0.3 is 19.9 Å². The maximum absolute atomic E-state index is 12.4. The number of methoxy groups -OCH3 is 1. The molecule has 3 N–H and O–H groups in total. The van der Waals surface area contributed by atoms with Crippen LogP contribution in [-0.4, -0.2) is 64.9 Å². The molecule has 1 amide bonds. The van der Waals surface area contributed by atoms with E-state index in [2.05, 4.69) is 22.1 Å². The number of carboxylic acid groups (broad SMARTS) is 1. The molecule has 0 unspecified atom stereocenters. The number of carbonyl (C=O) groups is 2. The van der Waals surface area contributed by atoms with Crippen molar-refractivity contribution in [2.45, 2.75) is 32.1 Å². The Morgan fingerprint density at radius 1 is 1.22 bits per heavy atom. The van der Waals surface area contributed by atoms with Crippen LogP contribution < -0.4 is 26.3 Å². The highest BCUT2D eigenvalue weighted by atomic mass is 32.2. The van der Waals surface area contributed by atoms with E-state index in [1.165, 1.54) is 11.2 Å². The summed E-state index contributed by atoms with van der Waals surface area (Å²) in [4.78, 5) is 49.9. The summed E-state index contributed by atoms with van der Waals surface area (Å²) in [7, 11) is 1.60. The highest BCUT2D eigenvalue weighted by molar-refractivity contribution is 7.98. The van der Waals surface area contributed by atoms with Gasteiger partial charge in [-0.25, -0.2) is 14.3 Å². The lowest BCUT2D eigenvalue weighted by Crippen LogP contribution is -2.50. The zero-order valence-electron chi connectivity index (χ0n) is 20.6. The highest BCUT2D eigenvalue weighted by Crippen LogP contribution is 2.16. The molecule has 11 nitrogen and oxygen atoms in total. The number of alkyl carbamates (subject to hydrolysis) is 1. The van der Waals surface area contributed by atoms with Crippen LogP contribution in [0.5, 0.6) is 5.75 Å². The molecule has 0 radical (unpaired) electrons. The number of hydrogen-bond acceptors (Lipinski definition) is 8. The fourth-order valence-electron chi connectivity index (χ4n) is 2.85. The number of nitrogens with zero attached hydrogens (tertiary/aromatic N) is 2. The van der Waals surface area contributed by atoms with Crippen molar-refractivity contribution in [1.82, 2.24) is 15.0 Å².